The van der Waals surface area contributed by atoms with Gasteiger partial charge in [0.25, 0.3) is 0 Å². The summed E-state index contributed by atoms with van der Waals surface area (Å²) in [5.74, 6) is 1.28. The Balaban J connectivity index is 3.22. The van der Waals surface area contributed by atoms with Gasteiger partial charge in [0, 0.05) is 0 Å². The highest BCUT2D eigenvalue weighted by molar-refractivity contribution is 5.40. The number of benzene rings is 1. The minimum absolute atomic E-state index is 0.391. The van der Waals surface area contributed by atoms with Gasteiger partial charge in [-0.05, 0) is 43.0 Å². The van der Waals surface area contributed by atoms with Gasteiger partial charge in [-0.1, -0.05) is 19.9 Å². The molecule has 15 heavy (non-hydrogen) atoms. The maximum absolute atomic E-state index is 9.92. The summed E-state index contributed by atoms with van der Waals surface area (Å²) in [5.41, 5.74) is 1.26. The molecule has 0 aliphatic heterocycles. The van der Waals surface area contributed by atoms with E-state index in [0.29, 0.717) is 5.92 Å². The lowest BCUT2D eigenvalue weighted by atomic mass is 9.92. The van der Waals surface area contributed by atoms with Gasteiger partial charge in [-0.25, -0.2) is 0 Å². The molecule has 0 bridgehead atoms. The van der Waals surface area contributed by atoms with Gasteiger partial charge in [-0.15, -0.1) is 0 Å². The van der Waals surface area contributed by atoms with Gasteiger partial charge in [0.15, 0.2) is 0 Å². The van der Waals surface area contributed by atoms with Gasteiger partial charge < -0.3 is 9.84 Å². The minimum Gasteiger partial charge on any atom is -0.496 e. The molecule has 2 nitrogen and oxygen atoms in total. The molecule has 2 heteroatoms. The van der Waals surface area contributed by atoms with E-state index in [1.807, 2.05) is 18.2 Å². The lowest BCUT2D eigenvalue weighted by Crippen LogP contribution is -2.16. The van der Waals surface area contributed by atoms with Crippen LogP contribution in [0.2, 0.25) is 0 Å². The molecule has 84 valence electrons. The predicted molar refractivity (Wildman–Crippen MR) is 62.3 cm³/mol. The molecule has 0 radical (unpaired) electrons. The summed E-state index contributed by atoms with van der Waals surface area (Å²) in [6.45, 7) is 7.82. The molecule has 0 saturated heterocycles. The molecule has 0 aliphatic carbocycles. The van der Waals surface area contributed by atoms with E-state index in [0.717, 1.165) is 16.9 Å². The Bertz CT molecular complexity index is 335. The third kappa shape index (κ3) is 2.72. The van der Waals surface area contributed by atoms with Gasteiger partial charge in [0.05, 0.1) is 12.7 Å². The molecule has 0 unspecified atom stereocenters. The lowest BCUT2D eigenvalue weighted by Gasteiger charge is -2.21. The Morgan fingerprint density at radius 2 is 1.87 bits per heavy atom. The van der Waals surface area contributed by atoms with E-state index in [9.17, 15) is 5.11 Å². The molecule has 0 heterocycles. The zero-order valence-corrected chi connectivity index (χ0v) is 10.2. The maximum atomic E-state index is 9.92. The summed E-state index contributed by atoms with van der Waals surface area (Å²) in [4.78, 5) is 0. The molecule has 0 aromatic heterocycles. The van der Waals surface area contributed by atoms with Crippen LogP contribution in [0.25, 0.3) is 0 Å². The van der Waals surface area contributed by atoms with Gasteiger partial charge in [-0.3, -0.25) is 0 Å². The zero-order valence-electron chi connectivity index (χ0n) is 10.2. The fourth-order valence-corrected chi connectivity index (χ4v) is 1.57. The Morgan fingerprint density at radius 1 is 1.27 bits per heavy atom. The number of hydrogen-bond donors (Lipinski definition) is 1. The van der Waals surface area contributed by atoms with Crippen molar-refractivity contribution < 1.29 is 9.84 Å². The van der Waals surface area contributed by atoms with Gasteiger partial charge in [-0.2, -0.15) is 0 Å². The fourth-order valence-electron chi connectivity index (χ4n) is 1.57. The van der Waals surface area contributed by atoms with Crippen molar-refractivity contribution in [3.63, 3.8) is 0 Å². The molecule has 0 spiro atoms. The Hall–Kier alpha value is -1.02. The standard InChI is InChI=1S/C13H20O2/c1-9(2)11-8-10(13(3,4)14)6-7-12(11)15-5/h6-9,14H,1-5H3. The molecular weight excluding hydrogens is 188 g/mol. The lowest BCUT2D eigenvalue weighted by molar-refractivity contribution is 0.0784. The van der Waals surface area contributed by atoms with Crippen LogP contribution in [0.1, 0.15) is 44.7 Å². The highest BCUT2D eigenvalue weighted by Crippen LogP contribution is 2.31. The van der Waals surface area contributed by atoms with Crippen molar-refractivity contribution in [2.24, 2.45) is 0 Å². The Kier molecular flexibility index (Phi) is 3.40. The molecule has 1 N–H and O–H groups in total. The Labute approximate surface area is 91.9 Å². The molecule has 0 saturated carbocycles. The van der Waals surface area contributed by atoms with Crippen LogP contribution in [0.4, 0.5) is 0 Å². The van der Waals surface area contributed by atoms with Crippen LogP contribution < -0.4 is 4.74 Å². The quantitative estimate of drug-likeness (QED) is 0.827. The van der Waals surface area contributed by atoms with Crippen molar-refractivity contribution in [3.05, 3.63) is 29.3 Å². The molecule has 1 aromatic carbocycles. The number of ether oxygens (including phenoxy) is 1. The summed E-state index contributed by atoms with van der Waals surface area (Å²) < 4.78 is 5.29. The average molecular weight is 208 g/mol. The van der Waals surface area contributed by atoms with Crippen molar-refractivity contribution >= 4 is 0 Å². The van der Waals surface area contributed by atoms with E-state index < -0.39 is 5.60 Å². The highest BCUT2D eigenvalue weighted by atomic mass is 16.5. The van der Waals surface area contributed by atoms with Crippen LogP contribution in [0.15, 0.2) is 18.2 Å². The third-order valence-electron chi connectivity index (χ3n) is 2.56. The summed E-state index contributed by atoms with van der Waals surface area (Å²) in [5, 5.41) is 9.92. The van der Waals surface area contributed by atoms with Gasteiger partial charge >= 0.3 is 0 Å². The third-order valence-corrected chi connectivity index (χ3v) is 2.56. The summed E-state index contributed by atoms with van der Waals surface area (Å²) in [6.07, 6.45) is 0. The molecule has 0 aliphatic rings. The first-order valence-corrected chi connectivity index (χ1v) is 5.27. The smallest absolute Gasteiger partial charge is 0.122 e. The largest absolute Gasteiger partial charge is 0.496 e. The van der Waals surface area contributed by atoms with E-state index in [1.165, 1.54) is 0 Å². The van der Waals surface area contributed by atoms with Crippen molar-refractivity contribution in [1.29, 1.82) is 0 Å². The molecule has 1 rings (SSSR count). The highest BCUT2D eigenvalue weighted by Gasteiger charge is 2.18. The van der Waals surface area contributed by atoms with E-state index >= 15 is 0 Å². The van der Waals surface area contributed by atoms with E-state index in [2.05, 4.69) is 13.8 Å². The summed E-state index contributed by atoms with van der Waals surface area (Å²) in [7, 11) is 1.67. The molecule has 1 aromatic rings. The maximum Gasteiger partial charge on any atom is 0.122 e. The van der Waals surface area contributed by atoms with E-state index in [1.54, 1.807) is 21.0 Å². The SMILES string of the molecule is COc1ccc(C(C)(C)O)cc1C(C)C. The van der Waals surface area contributed by atoms with Crippen LogP contribution >= 0.6 is 0 Å². The number of methoxy groups -OCH3 is 1. The second kappa shape index (κ2) is 4.23. The summed E-state index contributed by atoms with van der Waals surface area (Å²) >= 11 is 0. The van der Waals surface area contributed by atoms with Crippen LogP contribution in [-0.2, 0) is 5.60 Å². The average Bonchev–Trinajstić information content (AvgIpc) is 2.15. The first kappa shape index (κ1) is 12.1. The molecule has 0 atom stereocenters. The molecule has 0 fully saturated rings. The number of rotatable bonds is 3. The van der Waals surface area contributed by atoms with Crippen LogP contribution in [0.3, 0.4) is 0 Å². The van der Waals surface area contributed by atoms with Crippen molar-refractivity contribution in [1.82, 2.24) is 0 Å². The van der Waals surface area contributed by atoms with E-state index in [-0.39, 0.29) is 0 Å². The molecular formula is C13H20O2. The Morgan fingerprint density at radius 3 is 2.27 bits per heavy atom. The first-order valence-electron chi connectivity index (χ1n) is 5.27. The van der Waals surface area contributed by atoms with Crippen molar-refractivity contribution in [3.8, 4) is 5.75 Å². The second-order valence-electron chi connectivity index (χ2n) is 4.67. The topological polar surface area (TPSA) is 29.5 Å². The van der Waals surface area contributed by atoms with Crippen molar-refractivity contribution in [2.45, 2.75) is 39.2 Å². The normalized spacial score (nSPS) is 11.9. The fraction of sp³-hybridized carbons (Fsp3) is 0.538. The molecule has 0 amide bonds. The number of aliphatic hydroxyl groups is 1. The monoisotopic (exact) mass is 208 g/mol. The van der Waals surface area contributed by atoms with Crippen LogP contribution in [-0.4, -0.2) is 12.2 Å². The summed E-state index contributed by atoms with van der Waals surface area (Å²) in [6, 6.07) is 5.84. The van der Waals surface area contributed by atoms with Gasteiger partial charge in [0.2, 0.25) is 0 Å². The van der Waals surface area contributed by atoms with Crippen molar-refractivity contribution in [2.75, 3.05) is 7.11 Å². The van der Waals surface area contributed by atoms with Crippen LogP contribution in [0, 0.1) is 0 Å². The minimum atomic E-state index is -0.796. The van der Waals surface area contributed by atoms with Crippen LogP contribution in [0.5, 0.6) is 5.75 Å². The number of hydrogen-bond acceptors (Lipinski definition) is 2. The zero-order chi connectivity index (χ0) is 11.6. The second-order valence-corrected chi connectivity index (χ2v) is 4.67. The van der Waals surface area contributed by atoms with E-state index in [4.69, 9.17) is 4.74 Å². The first-order chi connectivity index (χ1) is 6.86. The predicted octanol–water partition coefficient (Wildman–Crippen LogP) is 3.05. The van der Waals surface area contributed by atoms with Gasteiger partial charge in [0.1, 0.15) is 5.75 Å².